The normalized spacial score (nSPS) is 14.6. The fourth-order valence-corrected chi connectivity index (χ4v) is 4.87. The summed E-state index contributed by atoms with van der Waals surface area (Å²) in [4.78, 5) is 27.8. The van der Waals surface area contributed by atoms with Crippen molar-refractivity contribution >= 4 is 17.9 Å². The molecule has 0 saturated carbocycles. The van der Waals surface area contributed by atoms with Gasteiger partial charge in [0.05, 0.1) is 18.0 Å². The lowest BCUT2D eigenvalue weighted by Gasteiger charge is -2.27. The Balaban J connectivity index is 1.72. The number of amides is 2. The fraction of sp³-hybridized carbons (Fsp3) is 0.353. The molecule has 0 unspecified atom stereocenters. The van der Waals surface area contributed by atoms with Crippen molar-refractivity contribution in [2.24, 2.45) is 0 Å². The van der Waals surface area contributed by atoms with E-state index in [1.807, 2.05) is 66.9 Å². The number of imide groups is 1. The fourth-order valence-electron chi connectivity index (χ4n) is 4.87. The first kappa shape index (κ1) is 29.5. The number of hydrogen-bond acceptors (Lipinski definition) is 5. The average Bonchev–Trinajstić information content (AvgIpc) is 3.42. The summed E-state index contributed by atoms with van der Waals surface area (Å²) < 4.78 is 7.71. The Labute approximate surface area is 242 Å². The number of carbonyl (C=O) groups is 2. The van der Waals surface area contributed by atoms with Gasteiger partial charge in [0.1, 0.15) is 17.4 Å². The number of aromatic nitrogens is 2. The van der Waals surface area contributed by atoms with Gasteiger partial charge in [-0.1, -0.05) is 64.2 Å². The zero-order chi connectivity index (χ0) is 29.2. The summed E-state index contributed by atoms with van der Waals surface area (Å²) in [6.45, 7) is 6.89. The Morgan fingerprint density at radius 3 is 2.29 bits per heavy atom. The number of rotatable bonds is 13. The van der Waals surface area contributed by atoms with Gasteiger partial charge >= 0.3 is 0 Å². The van der Waals surface area contributed by atoms with E-state index in [1.54, 1.807) is 17.7 Å². The summed E-state index contributed by atoms with van der Waals surface area (Å²) >= 11 is 0. The molecule has 1 aliphatic rings. The van der Waals surface area contributed by atoms with Crippen molar-refractivity contribution in [3.8, 4) is 28.8 Å². The molecule has 0 bridgehead atoms. The molecule has 0 saturated heterocycles. The lowest BCUT2D eigenvalue weighted by Crippen LogP contribution is -2.43. The predicted molar refractivity (Wildman–Crippen MR) is 161 cm³/mol. The van der Waals surface area contributed by atoms with Crippen LogP contribution in [-0.2, 0) is 9.59 Å². The van der Waals surface area contributed by atoms with E-state index in [0.29, 0.717) is 35.4 Å². The molecule has 7 nitrogen and oxygen atoms in total. The van der Waals surface area contributed by atoms with Gasteiger partial charge in [0.25, 0.3) is 11.8 Å². The van der Waals surface area contributed by atoms with Crippen molar-refractivity contribution in [1.82, 2.24) is 14.7 Å². The first-order valence-electron chi connectivity index (χ1n) is 14.6. The van der Waals surface area contributed by atoms with Gasteiger partial charge < -0.3 is 4.74 Å². The minimum absolute atomic E-state index is 0.00443. The van der Waals surface area contributed by atoms with Crippen LogP contribution in [-0.4, -0.2) is 39.6 Å². The Morgan fingerprint density at radius 2 is 1.61 bits per heavy atom. The highest BCUT2D eigenvalue weighted by Gasteiger charge is 2.35. The molecule has 3 aromatic rings. The van der Waals surface area contributed by atoms with E-state index in [9.17, 15) is 14.9 Å². The molecule has 2 aromatic carbocycles. The SMILES string of the molecule is CCCCCCOc1ccc(-c2nn(-c3ccccc3)cc2/C=C2/C(=O)N(CCCCC)C(=O)C(C#N)=C2C)cc1. The quantitative estimate of drug-likeness (QED) is 0.127. The second-order valence-corrected chi connectivity index (χ2v) is 10.3. The molecule has 2 amide bonds. The number of para-hydroxylation sites is 1. The van der Waals surface area contributed by atoms with Crippen molar-refractivity contribution in [3.05, 3.63) is 83.1 Å². The highest BCUT2D eigenvalue weighted by Crippen LogP contribution is 2.32. The summed E-state index contributed by atoms with van der Waals surface area (Å²) in [6.07, 6.45) is 10.8. The van der Waals surface area contributed by atoms with Gasteiger partial charge in [0.2, 0.25) is 0 Å². The minimum Gasteiger partial charge on any atom is -0.494 e. The van der Waals surface area contributed by atoms with Crippen LogP contribution < -0.4 is 4.74 Å². The van der Waals surface area contributed by atoms with E-state index in [4.69, 9.17) is 9.84 Å². The third-order valence-corrected chi connectivity index (χ3v) is 7.27. The van der Waals surface area contributed by atoms with E-state index in [1.165, 1.54) is 17.7 Å². The summed E-state index contributed by atoms with van der Waals surface area (Å²) in [5.74, 6) is -0.102. The maximum absolute atomic E-state index is 13.6. The molecule has 1 aromatic heterocycles. The molecule has 0 atom stereocenters. The number of unbranched alkanes of at least 4 members (excludes halogenated alkanes) is 5. The summed E-state index contributed by atoms with van der Waals surface area (Å²) in [6, 6.07) is 19.6. The topological polar surface area (TPSA) is 88.2 Å². The standard InChI is InChI=1S/C34H38N4O3/c1-4-6-8-13-21-41-29-18-16-26(17-19-29)32-27(24-38(36-32)28-14-10-9-11-15-28)22-30-25(3)31(23-35)34(40)37(33(30)39)20-12-7-5-2/h9-11,14-19,22,24H,4-8,12-13,20-21H2,1-3H3/b30-22+. The van der Waals surface area contributed by atoms with E-state index in [0.717, 1.165) is 42.7 Å². The van der Waals surface area contributed by atoms with Gasteiger partial charge in [-0.05, 0) is 67.8 Å². The van der Waals surface area contributed by atoms with E-state index >= 15 is 0 Å². The molecular formula is C34H38N4O3. The van der Waals surface area contributed by atoms with Gasteiger partial charge in [0.15, 0.2) is 0 Å². The van der Waals surface area contributed by atoms with E-state index in [-0.39, 0.29) is 18.0 Å². The van der Waals surface area contributed by atoms with Crippen molar-refractivity contribution in [1.29, 1.82) is 5.26 Å². The van der Waals surface area contributed by atoms with Crippen LogP contribution in [0, 0.1) is 11.3 Å². The van der Waals surface area contributed by atoms with Gasteiger partial charge in [-0.2, -0.15) is 10.4 Å². The third-order valence-electron chi connectivity index (χ3n) is 7.27. The number of benzene rings is 2. The van der Waals surface area contributed by atoms with E-state index < -0.39 is 5.91 Å². The summed E-state index contributed by atoms with van der Waals surface area (Å²) in [5, 5.41) is 14.7. The highest BCUT2D eigenvalue weighted by molar-refractivity contribution is 6.19. The Bertz CT molecular complexity index is 1460. The first-order chi connectivity index (χ1) is 20.0. The van der Waals surface area contributed by atoms with Crippen LogP contribution in [0.15, 0.2) is 77.5 Å². The maximum atomic E-state index is 13.6. The molecule has 41 heavy (non-hydrogen) atoms. The number of carbonyl (C=O) groups excluding carboxylic acids is 2. The smallest absolute Gasteiger partial charge is 0.271 e. The number of hydrogen-bond donors (Lipinski definition) is 0. The average molecular weight is 551 g/mol. The summed E-state index contributed by atoms with van der Waals surface area (Å²) in [7, 11) is 0. The van der Waals surface area contributed by atoms with E-state index in [2.05, 4.69) is 13.8 Å². The van der Waals surface area contributed by atoms with Gasteiger partial charge in [0, 0.05) is 29.4 Å². The van der Waals surface area contributed by atoms with Crippen LogP contribution in [0.25, 0.3) is 23.0 Å². The molecule has 0 spiro atoms. The molecule has 0 aliphatic carbocycles. The number of ether oxygens (including phenoxy) is 1. The number of nitrogens with zero attached hydrogens (tertiary/aromatic N) is 4. The van der Waals surface area contributed by atoms with Crippen molar-refractivity contribution in [3.63, 3.8) is 0 Å². The molecule has 7 heteroatoms. The lowest BCUT2D eigenvalue weighted by atomic mass is 9.93. The zero-order valence-electron chi connectivity index (χ0n) is 24.2. The third kappa shape index (κ3) is 7.01. The van der Waals surface area contributed by atoms with Crippen LogP contribution in [0.5, 0.6) is 5.75 Å². The monoisotopic (exact) mass is 550 g/mol. The van der Waals surface area contributed by atoms with Gasteiger partial charge in [-0.25, -0.2) is 4.68 Å². The van der Waals surface area contributed by atoms with Crippen molar-refractivity contribution in [2.75, 3.05) is 13.2 Å². The summed E-state index contributed by atoms with van der Waals surface area (Å²) in [5.41, 5.74) is 3.87. The first-order valence-corrected chi connectivity index (χ1v) is 14.6. The molecule has 0 radical (unpaired) electrons. The van der Waals surface area contributed by atoms with Crippen LogP contribution in [0.2, 0.25) is 0 Å². The molecule has 0 fully saturated rings. The molecule has 0 N–H and O–H groups in total. The Morgan fingerprint density at radius 1 is 0.902 bits per heavy atom. The minimum atomic E-state index is -0.520. The van der Waals surface area contributed by atoms with Gasteiger partial charge in [-0.15, -0.1) is 0 Å². The zero-order valence-corrected chi connectivity index (χ0v) is 24.2. The molecule has 4 rings (SSSR count). The Kier molecular flexibility index (Phi) is 10.3. The van der Waals surface area contributed by atoms with Gasteiger partial charge in [-0.3, -0.25) is 14.5 Å². The van der Waals surface area contributed by atoms with Crippen molar-refractivity contribution < 1.29 is 14.3 Å². The maximum Gasteiger partial charge on any atom is 0.271 e. The second-order valence-electron chi connectivity index (χ2n) is 10.3. The largest absolute Gasteiger partial charge is 0.494 e. The van der Waals surface area contributed by atoms with Crippen LogP contribution in [0.4, 0.5) is 0 Å². The molecular weight excluding hydrogens is 512 g/mol. The molecule has 1 aliphatic heterocycles. The Hall–Kier alpha value is -4.44. The van der Waals surface area contributed by atoms with Crippen LogP contribution in [0.1, 0.15) is 71.3 Å². The van der Waals surface area contributed by atoms with Crippen molar-refractivity contribution in [2.45, 2.75) is 65.7 Å². The van der Waals surface area contributed by atoms with Crippen LogP contribution in [0.3, 0.4) is 0 Å². The highest BCUT2D eigenvalue weighted by atomic mass is 16.5. The molecule has 2 heterocycles. The predicted octanol–water partition coefficient (Wildman–Crippen LogP) is 7.28. The lowest BCUT2D eigenvalue weighted by molar-refractivity contribution is -0.140. The number of nitriles is 1. The van der Waals surface area contributed by atoms with Crippen LogP contribution >= 0.6 is 0 Å². The second kappa shape index (κ2) is 14.3. The molecule has 212 valence electrons.